The highest BCUT2D eigenvalue weighted by atomic mass is 127. The van der Waals surface area contributed by atoms with Crippen molar-refractivity contribution in [1.29, 1.82) is 5.26 Å². The molecule has 1 amide bonds. The number of carbonyl (C=O) groups is 1. The quantitative estimate of drug-likeness (QED) is 0.381. The topological polar surface area (TPSA) is 89.8 Å². The Morgan fingerprint density at radius 2 is 1.96 bits per heavy atom. The lowest BCUT2D eigenvalue weighted by Gasteiger charge is -2.32. The van der Waals surface area contributed by atoms with E-state index in [0.29, 0.717) is 31.8 Å². The van der Waals surface area contributed by atoms with Gasteiger partial charge in [-0.15, -0.1) is 24.0 Å². The number of nitrogens with one attached hydrogen (secondary N) is 2. The van der Waals surface area contributed by atoms with Crippen LogP contribution in [0.25, 0.3) is 0 Å². The summed E-state index contributed by atoms with van der Waals surface area (Å²) in [7, 11) is 0. The third-order valence-electron chi connectivity index (χ3n) is 4.21. The highest BCUT2D eigenvalue weighted by Crippen LogP contribution is 2.11. The number of nitriles is 1. The molecule has 1 saturated heterocycles. The first-order valence-corrected chi connectivity index (χ1v) is 9.11. The molecule has 0 atom stereocenters. The summed E-state index contributed by atoms with van der Waals surface area (Å²) < 4.78 is 5.05. The molecular weight excluding hydrogens is 457 g/mol. The zero-order valence-electron chi connectivity index (χ0n) is 15.9. The van der Waals surface area contributed by atoms with Crippen LogP contribution in [0.1, 0.15) is 37.8 Å². The van der Waals surface area contributed by atoms with Crippen molar-refractivity contribution in [2.45, 2.75) is 39.3 Å². The van der Waals surface area contributed by atoms with Crippen LogP contribution in [-0.4, -0.2) is 49.2 Å². The smallest absolute Gasteiger partial charge is 0.409 e. The number of carbonyl (C=O) groups excluding carboxylic acids is 1. The third kappa shape index (κ3) is 7.62. The molecule has 0 aromatic heterocycles. The van der Waals surface area contributed by atoms with Crippen molar-refractivity contribution in [2.24, 2.45) is 4.99 Å². The van der Waals surface area contributed by atoms with E-state index in [9.17, 15) is 4.79 Å². The minimum Gasteiger partial charge on any atom is -0.450 e. The van der Waals surface area contributed by atoms with E-state index in [1.54, 1.807) is 17.0 Å². The van der Waals surface area contributed by atoms with Gasteiger partial charge in [0.1, 0.15) is 0 Å². The number of hydrogen-bond acceptors (Lipinski definition) is 4. The van der Waals surface area contributed by atoms with E-state index >= 15 is 0 Å². The number of amides is 1. The van der Waals surface area contributed by atoms with Gasteiger partial charge in [0.15, 0.2) is 5.96 Å². The molecule has 2 N–H and O–H groups in total. The highest BCUT2D eigenvalue weighted by Gasteiger charge is 2.23. The van der Waals surface area contributed by atoms with Crippen molar-refractivity contribution in [3.05, 3.63) is 35.4 Å². The molecule has 148 valence electrons. The average Bonchev–Trinajstić information content (AvgIpc) is 2.67. The van der Waals surface area contributed by atoms with E-state index in [0.717, 1.165) is 30.9 Å². The molecule has 7 nitrogen and oxygen atoms in total. The van der Waals surface area contributed by atoms with Crippen LogP contribution in [0.5, 0.6) is 0 Å². The Labute approximate surface area is 178 Å². The van der Waals surface area contributed by atoms with E-state index in [1.165, 1.54) is 0 Å². The fourth-order valence-electron chi connectivity index (χ4n) is 2.79. The van der Waals surface area contributed by atoms with E-state index in [1.807, 2.05) is 26.0 Å². The number of aliphatic imine (C=N–C) groups is 1. The van der Waals surface area contributed by atoms with Crippen LogP contribution in [0.2, 0.25) is 0 Å². The number of halogens is 1. The molecule has 0 spiro atoms. The minimum absolute atomic E-state index is 0. The van der Waals surface area contributed by atoms with Gasteiger partial charge in [-0.05, 0) is 44.4 Å². The number of likely N-dealkylation sites (tertiary alicyclic amines) is 1. The van der Waals surface area contributed by atoms with E-state index in [2.05, 4.69) is 21.7 Å². The maximum Gasteiger partial charge on any atom is 0.409 e. The first kappa shape index (κ1) is 23.0. The maximum absolute atomic E-state index is 11.8. The minimum atomic E-state index is -0.229. The van der Waals surface area contributed by atoms with Gasteiger partial charge in [-0.2, -0.15) is 5.26 Å². The monoisotopic (exact) mass is 485 g/mol. The van der Waals surface area contributed by atoms with Crippen molar-refractivity contribution in [3.63, 3.8) is 0 Å². The molecule has 0 radical (unpaired) electrons. The van der Waals surface area contributed by atoms with Crippen molar-refractivity contribution >= 4 is 36.0 Å². The van der Waals surface area contributed by atoms with Gasteiger partial charge in [-0.3, -0.25) is 0 Å². The Kier molecular flexibility index (Phi) is 10.6. The van der Waals surface area contributed by atoms with Gasteiger partial charge in [0.25, 0.3) is 0 Å². The zero-order chi connectivity index (χ0) is 18.8. The Morgan fingerprint density at radius 1 is 1.30 bits per heavy atom. The van der Waals surface area contributed by atoms with Crippen LogP contribution in [0.4, 0.5) is 4.79 Å². The lowest BCUT2D eigenvalue weighted by molar-refractivity contribution is 0.0963. The van der Waals surface area contributed by atoms with Crippen LogP contribution in [0.15, 0.2) is 29.3 Å². The average molecular weight is 485 g/mol. The van der Waals surface area contributed by atoms with Crippen LogP contribution in [-0.2, 0) is 11.3 Å². The van der Waals surface area contributed by atoms with E-state index in [4.69, 9.17) is 10.00 Å². The SMILES string of the molecule is CCNC(=NCc1ccc(C#N)cc1)NC1CCN(C(=O)OCC)CC1.I. The van der Waals surface area contributed by atoms with Gasteiger partial charge < -0.3 is 20.3 Å². The first-order valence-electron chi connectivity index (χ1n) is 9.11. The van der Waals surface area contributed by atoms with Crippen LogP contribution in [0.3, 0.4) is 0 Å². The van der Waals surface area contributed by atoms with E-state index < -0.39 is 0 Å². The third-order valence-corrected chi connectivity index (χ3v) is 4.21. The highest BCUT2D eigenvalue weighted by molar-refractivity contribution is 14.0. The Bertz CT molecular complexity index is 649. The lowest BCUT2D eigenvalue weighted by atomic mass is 10.1. The number of ether oxygens (including phenoxy) is 1. The molecule has 1 aromatic rings. The predicted octanol–water partition coefficient (Wildman–Crippen LogP) is 2.85. The molecular formula is C19H28IN5O2. The van der Waals surface area contributed by atoms with Crippen molar-refractivity contribution < 1.29 is 9.53 Å². The van der Waals surface area contributed by atoms with Gasteiger partial charge in [-0.1, -0.05) is 12.1 Å². The number of hydrogen-bond donors (Lipinski definition) is 2. The Balaban J connectivity index is 0.00000364. The zero-order valence-corrected chi connectivity index (χ0v) is 18.2. The van der Waals surface area contributed by atoms with Gasteiger partial charge in [0, 0.05) is 25.7 Å². The molecule has 0 bridgehead atoms. The lowest BCUT2D eigenvalue weighted by Crippen LogP contribution is -2.49. The van der Waals surface area contributed by atoms with Crippen LogP contribution >= 0.6 is 24.0 Å². The van der Waals surface area contributed by atoms with Gasteiger partial charge >= 0.3 is 6.09 Å². The largest absolute Gasteiger partial charge is 0.450 e. The summed E-state index contributed by atoms with van der Waals surface area (Å²) in [6.45, 7) is 6.95. The Morgan fingerprint density at radius 3 is 2.52 bits per heavy atom. The summed E-state index contributed by atoms with van der Waals surface area (Å²) in [6, 6.07) is 9.84. The molecule has 8 heteroatoms. The molecule has 1 aliphatic rings. The summed E-state index contributed by atoms with van der Waals surface area (Å²) >= 11 is 0. The number of rotatable bonds is 5. The molecule has 1 heterocycles. The number of nitrogens with zero attached hydrogens (tertiary/aromatic N) is 3. The molecule has 1 aromatic carbocycles. The van der Waals surface area contributed by atoms with E-state index in [-0.39, 0.29) is 36.1 Å². The molecule has 0 aliphatic carbocycles. The van der Waals surface area contributed by atoms with Crippen molar-refractivity contribution in [2.75, 3.05) is 26.2 Å². The number of piperidine rings is 1. The normalized spacial score (nSPS) is 14.7. The second-order valence-corrected chi connectivity index (χ2v) is 6.11. The van der Waals surface area contributed by atoms with Crippen LogP contribution in [0, 0.1) is 11.3 Å². The molecule has 0 unspecified atom stereocenters. The Hall–Kier alpha value is -2.02. The van der Waals surface area contributed by atoms with Crippen LogP contribution < -0.4 is 10.6 Å². The van der Waals surface area contributed by atoms with Crippen molar-refractivity contribution in [1.82, 2.24) is 15.5 Å². The molecule has 27 heavy (non-hydrogen) atoms. The molecule has 1 fully saturated rings. The summed E-state index contributed by atoms with van der Waals surface area (Å²) in [4.78, 5) is 18.1. The molecule has 0 saturated carbocycles. The fourth-order valence-corrected chi connectivity index (χ4v) is 2.79. The second-order valence-electron chi connectivity index (χ2n) is 6.11. The fraction of sp³-hybridized carbons (Fsp3) is 0.526. The van der Waals surface area contributed by atoms with Gasteiger partial charge in [-0.25, -0.2) is 9.79 Å². The number of benzene rings is 1. The van der Waals surface area contributed by atoms with Crippen molar-refractivity contribution in [3.8, 4) is 6.07 Å². The standard InChI is InChI=1S/C19H27N5O2.HI/c1-3-21-18(22-14-16-7-5-15(13-20)6-8-16)23-17-9-11-24(12-10-17)19(25)26-4-2;/h5-8,17H,3-4,9-12,14H2,1-2H3,(H2,21,22,23);1H. The summed E-state index contributed by atoms with van der Waals surface area (Å²) in [5.41, 5.74) is 1.70. The molecule has 1 aliphatic heterocycles. The number of guanidine groups is 1. The molecule has 2 rings (SSSR count). The second kappa shape index (κ2) is 12.4. The summed E-state index contributed by atoms with van der Waals surface area (Å²) in [5.74, 6) is 0.770. The predicted molar refractivity (Wildman–Crippen MR) is 116 cm³/mol. The van der Waals surface area contributed by atoms with Gasteiger partial charge in [0.05, 0.1) is 24.8 Å². The summed E-state index contributed by atoms with van der Waals surface area (Å²) in [5, 5.41) is 15.6. The first-order chi connectivity index (χ1) is 12.7. The summed E-state index contributed by atoms with van der Waals surface area (Å²) in [6.07, 6.45) is 1.49. The van der Waals surface area contributed by atoms with Gasteiger partial charge in [0.2, 0.25) is 0 Å². The maximum atomic E-state index is 11.8.